The summed E-state index contributed by atoms with van der Waals surface area (Å²) in [6.07, 6.45) is 3.40. The van der Waals surface area contributed by atoms with E-state index in [4.69, 9.17) is 0 Å². The van der Waals surface area contributed by atoms with Crippen LogP contribution in [0.5, 0.6) is 0 Å². The van der Waals surface area contributed by atoms with Crippen molar-refractivity contribution in [2.24, 2.45) is 0 Å². The number of hydrogen-bond donors (Lipinski definition) is 3. The van der Waals surface area contributed by atoms with E-state index in [0.29, 0.717) is 5.69 Å². The van der Waals surface area contributed by atoms with Crippen molar-refractivity contribution in [3.05, 3.63) is 54.2 Å². The molecule has 0 radical (unpaired) electrons. The fraction of sp³-hybridized carbons (Fsp3) is 0.143. The molecule has 0 saturated carbocycles. The van der Waals surface area contributed by atoms with Crippen molar-refractivity contribution in [1.29, 1.82) is 0 Å². The van der Waals surface area contributed by atoms with Crippen molar-refractivity contribution in [2.75, 3.05) is 0 Å². The number of aromatic amines is 2. The van der Waals surface area contributed by atoms with E-state index in [9.17, 15) is 4.79 Å². The van der Waals surface area contributed by atoms with Crippen LogP contribution in [-0.2, 0) is 0 Å². The highest BCUT2D eigenvalue weighted by Crippen LogP contribution is 2.15. The molecule has 1 unspecified atom stereocenters. The molecule has 5 nitrogen and oxygen atoms in total. The summed E-state index contributed by atoms with van der Waals surface area (Å²) in [5.41, 5.74) is 1.51. The maximum atomic E-state index is 12.1. The Morgan fingerprint density at radius 2 is 2.21 bits per heavy atom. The lowest BCUT2D eigenvalue weighted by Gasteiger charge is -2.10. The number of rotatable bonds is 3. The molecular weight excluding hydrogens is 240 g/mol. The summed E-state index contributed by atoms with van der Waals surface area (Å²) in [5, 5.41) is 3.92. The topological polar surface area (TPSA) is 73.6 Å². The van der Waals surface area contributed by atoms with Crippen molar-refractivity contribution < 1.29 is 4.79 Å². The Bertz CT molecular complexity index is 666. The number of aromatic nitrogens is 3. The SMILES string of the molecule is CC(NC(=O)c1cc2ccccc2[nH]1)c1ncc[nH]1. The van der Waals surface area contributed by atoms with Crippen LogP contribution in [0.25, 0.3) is 10.9 Å². The lowest BCUT2D eigenvalue weighted by molar-refractivity contribution is 0.0934. The van der Waals surface area contributed by atoms with E-state index in [1.54, 1.807) is 12.4 Å². The molecule has 0 saturated heterocycles. The van der Waals surface area contributed by atoms with Gasteiger partial charge in [-0.05, 0) is 19.1 Å². The number of amides is 1. The molecule has 3 rings (SSSR count). The maximum absolute atomic E-state index is 12.1. The maximum Gasteiger partial charge on any atom is 0.268 e. The van der Waals surface area contributed by atoms with Crippen LogP contribution in [0.2, 0.25) is 0 Å². The Morgan fingerprint density at radius 3 is 2.95 bits per heavy atom. The first kappa shape index (κ1) is 11.5. The van der Waals surface area contributed by atoms with E-state index >= 15 is 0 Å². The van der Waals surface area contributed by atoms with Gasteiger partial charge in [-0.3, -0.25) is 4.79 Å². The van der Waals surface area contributed by atoms with Gasteiger partial charge in [0.2, 0.25) is 0 Å². The molecule has 5 heteroatoms. The summed E-state index contributed by atoms with van der Waals surface area (Å²) in [5.74, 6) is 0.601. The van der Waals surface area contributed by atoms with Crippen molar-refractivity contribution >= 4 is 16.8 Å². The lowest BCUT2D eigenvalue weighted by atomic mass is 10.2. The number of imidazole rings is 1. The summed E-state index contributed by atoms with van der Waals surface area (Å²) >= 11 is 0. The minimum Gasteiger partial charge on any atom is -0.351 e. The fourth-order valence-electron chi connectivity index (χ4n) is 2.05. The van der Waals surface area contributed by atoms with Crippen molar-refractivity contribution in [3.63, 3.8) is 0 Å². The van der Waals surface area contributed by atoms with Gasteiger partial charge in [0.05, 0.1) is 6.04 Å². The van der Waals surface area contributed by atoms with Crippen LogP contribution in [0.15, 0.2) is 42.7 Å². The fourth-order valence-corrected chi connectivity index (χ4v) is 2.05. The van der Waals surface area contributed by atoms with Gasteiger partial charge in [-0.15, -0.1) is 0 Å². The second-order valence-corrected chi connectivity index (χ2v) is 4.44. The monoisotopic (exact) mass is 254 g/mol. The minimum absolute atomic E-state index is 0.139. The Balaban J connectivity index is 1.80. The molecule has 3 N–H and O–H groups in total. The van der Waals surface area contributed by atoms with Crippen LogP contribution in [0.4, 0.5) is 0 Å². The van der Waals surface area contributed by atoms with E-state index in [2.05, 4.69) is 20.3 Å². The number of para-hydroxylation sites is 1. The average Bonchev–Trinajstić information content (AvgIpc) is 3.07. The van der Waals surface area contributed by atoms with Gasteiger partial charge in [0, 0.05) is 23.3 Å². The van der Waals surface area contributed by atoms with Gasteiger partial charge in [0.25, 0.3) is 5.91 Å². The molecule has 2 heterocycles. The third-order valence-electron chi connectivity index (χ3n) is 3.05. The highest BCUT2D eigenvalue weighted by atomic mass is 16.1. The molecule has 0 bridgehead atoms. The Morgan fingerprint density at radius 1 is 1.37 bits per heavy atom. The molecule has 1 atom stereocenters. The highest BCUT2D eigenvalue weighted by molar-refractivity contribution is 5.98. The van der Waals surface area contributed by atoms with E-state index in [0.717, 1.165) is 16.7 Å². The number of nitrogens with zero attached hydrogens (tertiary/aromatic N) is 1. The Labute approximate surface area is 110 Å². The first-order chi connectivity index (χ1) is 9.24. The molecule has 19 heavy (non-hydrogen) atoms. The van der Waals surface area contributed by atoms with Gasteiger partial charge in [-0.1, -0.05) is 18.2 Å². The Hall–Kier alpha value is -2.56. The standard InChI is InChI=1S/C14H14N4O/c1-9(13-15-6-7-16-13)17-14(19)12-8-10-4-2-3-5-11(10)18-12/h2-9,18H,1H3,(H,15,16)(H,17,19). The normalized spacial score (nSPS) is 12.5. The van der Waals surface area contributed by atoms with Gasteiger partial charge < -0.3 is 15.3 Å². The number of carbonyl (C=O) groups excluding carboxylic acids is 1. The minimum atomic E-state index is -0.158. The first-order valence-corrected chi connectivity index (χ1v) is 6.12. The number of hydrogen-bond acceptors (Lipinski definition) is 2. The summed E-state index contributed by atoms with van der Waals surface area (Å²) < 4.78 is 0. The molecule has 0 aliphatic rings. The van der Waals surface area contributed by atoms with E-state index in [-0.39, 0.29) is 11.9 Å². The smallest absolute Gasteiger partial charge is 0.268 e. The molecule has 2 aromatic heterocycles. The van der Waals surface area contributed by atoms with Crippen LogP contribution in [0, 0.1) is 0 Å². The Kier molecular flexibility index (Phi) is 2.79. The summed E-state index contributed by atoms with van der Waals surface area (Å²) in [6.45, 7) is 1.89. The number of carbonyl (C=O) groups is 1. The third-order valence-corrected chi connectivity index (χ3v) is 3.05. The summed E-state index contributed by atoms with van der Waals surface area (Å²) in [6, 6.07) is 9.49. The van der Waals surface area contributed by atoms with Crippen LogP contribution < -0.4 is 5.32 Å². The molecule has 0 aliphatic heterocycles. The predicted octanol–water partition coefficient (Wildman–Crippen LogP) is 2.38. The third kappa shape index (κ3) is 2.22. The summed E-state index contributed by atoms with van der Waals surface area (Å²) in [7, 11) is 0. The zero-order chi connectivity index (χ0) is 13.2. The van der Waals surface area contributed by atoms with Crippen molar-refractivity contribution in [2.45, 2.75) is 13.0 Å². The molecule has 96 valence electrons. The van der Waals surface area contributed by atoms with Gasteiger partial charge in [-0.25, -0.2) is 4.98 Å². The second kappa shape index (κ2) is 4.61. The predicted molar refractivity (Wildman–Crippen MR) is 72.8 cm³/mol. The molecule has 1 aromatic carbocycles. The van der Waals surface area contributed by atoms with Crippen LogP contribution in [-0.4, -0.2) is 20.9 Å². The number of benzene rings is 1. The van der Waals surface area contributed by atoms with Crippen molar-refractivity contribution in [1.82, 2.24) is 20.3 Å². The lowest BCUT2D eigenvalue weighted by Crippen LogP contribution is -2.27. The number of nitrogens with one attached hydrogen (secondary N) is 3. The molecule has 0 aliphatic carbocycles. The number of H-pyrrole nitrogens is 2. The van der Waals surface area contributed by atoms with Gasteiger partial charge in [-0.2, -0.15) is 0 Å². The van der Waals surface area contributed by atoms with Crippen LogP contribution in [0.3, 0.4) is 0 Å². The molecule has 0 spiro atoms. The zero-order valence-electron chi connectivity index (χ0n) is 10.5. The van der Waals surface area contributed by atoms with E-state index in [1.807, 2.05) is 37.3 Å². The molecule has 1 amide bonds. The van der Waals surface area contributed by atoms with Crippen molar-refractivity contribution in [3.8, 4) is 0 Å². The highest BCUT2D eigenvalue weighted by Gasteiger charge is 2.14. The average molecular weight is 254 g/mol. The van der Waals surface area contributed by atoms with Gasteiger partial charge in [0.15, 0.2) is 0 Å². The quantitative estimate of drug-likeness (QED) is 0.671. The van der Waals surface area contributed by atoms with E-state index < -0.39 is 0 Å². The first-order valence-electron chi connectivity index (χ1n) is 6.12. The van der Waals surface area contributed by atoms with E-state index in [1.165, 1.54) is 0 Å². The molecule has 3 aromatic rings. The second-order valence-electron chi connectivity index (χ2n) is 4.44. The van der Waals surface area contributed by atoms with Crippen LogP contribution in [0.1, 0.15) is 29.3 Å². The largest absolute Gasteiger partial charge is 0.351 e. The van der Waals surface area contributed by atoms with Gasteiger partial charge >= 0.3 is 0 Å². The molecular formula is C14H14N4O. The zero-order valence-corrected chi connectivity index (χ0v) is 10.5. The number of fused-ring (bicyclic) bond motifs is 1. The summed E-state index contributed by atoms with van der Waals surface area (Å²) in [4.78, 5) is 22.3. The van der Waals surface area contributed by atoms with Gasteiger partial charge in [0.1, 0.15) is 11.5 Å². The molecule has 0 fully saturated rings. The van der Waals surface area contributed by atoms with Crippen LogP contribution >= 0.6 is 0 Å².